The van der Waals surface area contributed by atoms with Crippen LogP contribution in [0.15, 0.2) is 42.7 Å². The first kappa shape index (κ1) is 18.5. The van der Waals surface area contributed by atoms with Crippen LogP contribution in [0.1, 0.15) is 22.0 Å². The molecule has 3 N–H and O–H groups in total. The Morgan fingerprint density at radius 1 is 1.30 bits per heavy atom. The zero-order chi connectivity index (χ0) is 19.4. The second kappa shape index (κ2) is 7.96. The van der Waals surface area contributed by atoms with E-state index in [0.29, 0.717) is 29.0 Å². The second-order valence-electron chi connectivity index (χ2n) is 5.91. The highest BCUT2D eigenvalue weighted by molar-refractivity contribution is 6.05. The number of aromatic nitrogens is 2. The van der Waals surface area contributed by atoms with Crippen molar-refractivity contribution >= 4 is 22.7 Å². The summed E-state index contributed by atoms with van der Waals surface area (Å²) in [6, 6.07) is 9.07. The number of hydrogen-bond acceptors (Lipinski definition) is 6. The predicted molar refractivity (Wildman–Crippen MR) is 99.7 cm³/mol. The molecule has 140 valence electrons. The number of ether oxygens (including phenoxy) is 1. The third-order valence-corrected chi connectivity index (χ3v) is 4.15. The van der Waals surface area contributed by atoms with E-state index in [4.69, 9.17) is 4.74 Å². The molecule has 0 saturated heterocycles. The van der Waals surface area contributed by atoms with Crippen LogP contribution >= 0.6 is 0 Å². The maximum Gasteiger partial charge on any atom is 0.338 e. The Morgan fingerprint density at radius 2 is 2.11 bits per heavy atom. The highest BCUT2D eigenvalue weighted by Crippen LogP contribution is 2.30. The smallest absolute Gasteiger partial charge is 0.338 e. The van der Waals surface area contributed by atoms with Crippen LogP contribution < -0.4 is 15.4 Å². The lowest BCUT2D eigenvalue weighted by molar-refractivity contribution is 0.0698. The highest BCUT2D eigenvalue weighted by atomic mass is 19.1. The lowest BCUT2D eigenvalue weighted by Crippen LogP contribution is -2.24. The number of fused-ring (bicyclic) bond motifs is 1. The minimum atomic E-state index is -1.11. The van der Waals surface area contributed by atoms with Gasteiger partial charge in [0.1, 0.15) is 23.7 Å². The molecule has 8 heteroatoms. The molecule has 1 heterocycles. The molecule has 0 spiro atoms. The number of carboxylic acids is 1. The zero-order valence-corrected chi connectivity index (χ0v) is 14.9. The van der Waals surface area contributed by atoms with E-state index in [9.17, 15) is 14.3 Å². The molecule has 3 rings (SSSR count). The van der Waals surface area contributed by atoms with E-state index < -0.39 is 5.97 Å². The maximum absolute atomic E-state index is 13.6. The lowest BCUT2D eigenvalue weighted by Gasteiger charge is -2.21. The van der Waals surface area contributed by atoms with Crippen LogP contribution in [0.5, 0.6) is 5.75 Å². The van der Waals surface area contributed by atoms with Gasteiger partial charge in [0, 0.05) is 11.9 Å². The monoisotopic (exact) mass is 370 g/mol. The number of halogens is 1. The van der Waals surface area contributed by atoms with Crippen LogP contribution in [-0.4, -0.2) is 41.7 Å². The Morgan fingerprint density at radius 3 is 2.78 bits per heavy atom. The molecule has 3 aromatic rings. The molecule has 0 amide bonds. The van der Waals surface area contributed by atoms with Crippen molar-refractivity contribution in [3.05, 3.63) is 59.7 Å². The molecule has 0 fully saturated rings. The zero-order valence-electron chi connectivity index (χ0n) is 14.9. The van der Waals surface area contributed by atoms with Gasteiger partial charge in [-0.2, -0.15) is 0 Å². The number of likely N-dealkylation sites (N-methyl/N-ethyl adjacent to an activating group) is 1. The number of carbonyl (C=O) groups is 1. The van der Waals surface area contributed by atoms with Gasteiger partial charge in [0.2, 0.25) is 0 Å². The Hall–Kier alpha value is -3.26. The normalized spacial score (nSPS) is 12.0. The van der Waals surface area contributed by atoms with Gasteiger partial charge < -0.3 is 20.5 Å². The summed E-state index contributed by atoms with van der Waals surface area (Å²) in [6.07, 6.45) is 1.30. The van der Waals surface area contributed by atoms with Crippen LogP contribution in [-0.2, 0) is 0 Å². The average Bonchev–Trinajstić information content (AvgIpc) is 2.67. The Balaban J connectivity index is 2.09. The molecular formula is C19H19FN4O3. The van der Waals surface area contributed by atoms with Crippen molar-refractivity contribution in [3.8, 4) is 5.75 Å². The first-order valence-electron chi connectivity index (χ1n) is 8.26. The van der Waals surface area contributed by atoms with Crippen molar-refractivity contribution in [1.29, 1.82) is 0 Å². The third kappa shape index (κ3) is 3.95. The van der Waals surface area contributed by atoms with Crippen LogP contribution in [0.25, 0.3) is 10.9 Å². The summed E-state index contributed by atoms with van der Waals surface area (Å²) >= 11 is 0. The molecule has 0 aliphatic rings. The van der Waals surface area contributed by atoms with Gasteiger partial charge in [-0.25, -0.2) is 19.2 Å². The molecular weight excluding hydrogens is 351 g/mol. The summed E-state index contributed by atoms with van der Waals surface area (Å²) in [4.78, 5) is 20.0. The van der Waals surface area contributed by atoms with Gasteiger partial charge in [0.05, 0.1) is 24.2 Å². The fourth-order valence-corrected chi connectivity index (χ4v) is 2.88. The number of nitrogens with zero attached hydrogens (tertiary/aromatic N) is 2. The van der Waals surface area contributed by atoms with E-state index in [2.05, 4.69) is 20.6 Å². The summed E-state index contributed by atoms with van der Waals surface area (Å²) in [7, 11) is 3.25. The number of anilines is 1. The highest BCUT2D eigenvalue weighted by Gasteiger charge is 2.18. The lowest BCUT2D eigenvalue weighted by atomic mass is 10.1. The quantitative estimate of drug-likeness (QED) is 0.588. The van der Waals surface area contributed by atoms with Crippen LogP contribution in [0.4, 0.5) is 10.2 Å². The fourth-order valence-electron chi connectivity index (χ4n) is 2.88. The minimum Gasteiger partial charge on any atom is -0.497 e. The number of nitrogens with one attached hydrogen (secondary N) is 2. The summed E-state index contributed by atoms with van der Waals surface area (Å²) in [5, 5.41) is 16.3. The molecule has 2 aromatic carbocycles. The van der Waals surface area contributed by atoms with E-state index in [1.54, 1.807) is 19.2 Å². The van der Waals surface area contributed by atoms with E-state index in [0.717, 1.165) is 5.56 Å². The van der Waals surface area contributed by atoms with Gasteiger partial charge in [0.25, 0.3) is 0 Å². The minimum absolute atomic E-state index is 0.0192. The second-order valence-corrected chi connectivity index (χ2v) is 5.91. The van der Waals surface area contributed by atoms with Crippen molar-refractivity contribution in [1.82, 2.24) is 15.3 Å². The molecule has 7 nitrogen and oxygen atoms in total. The first-order valence-corrected chi connectivity index (χ1v) is 8.26. The SMILES string of the molecule is CNCC(Nc1ncnc2c(C(=O)O)cc(OC)cc12)c1cccc(F)c1. The maximum atomic E-state index is 13.6. The number of rotatable bonds is 7. The van der Waals surface area contributed by atoms with Gasteiger partial charge in [-0.3, -0.25) is 0 Å². The van der Waals surface area contributed by atoms with Gasteiger partial charge >= 0.3 is 5.97 Å². The van der Waals surface area contributed by atoms with Gasteiger partial charge in [-0.15, -0.1) is 0 Å². The number of carboxylic acid groups (broad SMARTS) is 1. The van der Waals surface area contributed by atoms with E-state index in [-0.39, 0.29) is 17.4 Å². The molecule has 0 radical (unpaired) electrons. The van der Waals surface area contributed by atoms with Crippen molar-refractivity contribution in [3.63, 3.8) is 0 Å². The predicted octanol–water partition coefficient (Wildman–Crippen LogP) is 2.85. The van der Waals surface area contributed by atoms with Crippen LogP contribution in [0, 0.1) is 5.82 Å². The Bertz CT molecular complexity index is 980. The molecule has 0 saturated carbocycles. The molecule has 0 bridgehead atoms. The fraction of sp³-hybridized carbons (Fsp3) is 0.211. The van der Waals surface area contributed by atoms with Crippen molar-refractivity contribution in [2.45, 2.75) is 6.04 Å². The average molecular weight is 370 g/mol. The number of hydrogen-bond donors (Lipinski definition) is 3. The van der Waals surface area contributed by atoms with Crippen LogP contribution in [0.3, 0.4) is 0 Å². The largest absolute Gasteiger partial charge is 0.497 e. The van der Waals surface area contributed by atoms with E-state index in [1.807, 2.05) is 6.07 Å². The molecule has 1 aromatic heterocycles. The molecule has 0 aliphatic heterocycles. The summed E-state index contributed by atoms with van der Waals surface area (Å²) < 4.78 is 18.9. The van der Waals surface area contributed by atoms with Gasteiger partial charge in [-0.05, 0) is 36.9 Å². The van der Waals surface area contributed by atoms with Crippen molar-refractivity contribution in [2.24, 2.45) is 0 Å². The summed E-state index contributed by atoms with van der Waals surface area (Å²) in [5.41, 5.74) is 1.05. The third-order valence-electron chi connectivity index (χ3n) is 4.15. The summed E-state index contributed by atoms with van der Waals surface area (Å²) in [5.74, 6) is -0.627. The topological polar surface area (TPSA) is 96.4 Å². The first-order chi connectivity index (χ1) is 13.0. The van der Waals surface area contributed by atoms with Gasteiger partial charge in [0.15, 0.2) is 0 Å². The van der Waals surface area contributed by atoms with E-state index in [1.165, 1.54) is 31.6 Å². The Labute approximate surface area is 155 Å². The van der Waals surface area contributed by atoms with Crippen LogP contribution in [0.2, 0.25) is 0 Å². The number of benzene rings is 2. The van der Waals surface area contributed by atoms with Gasteiger partial charge in [-0.1, -0.05) is 12.1 Å². The molecule has 1 atom stereocenters. The standard InChI is InChI=1S/C19H19FN4O3/c1-21-9-16(11-4-3-5-12(20)6-11)24-18-14-7-13(27-2)8-15(19(25)26)17(14)22-10-23-18/h3-8,10,16,21H,9H2,1-2H3,(H,25,26)(H,22,23,24). The molecule has 1 unspecified atom stereocenters. The summed E-state index contributed by atoms with van der Waals surface area (Å²) in [6.45, 7) is 0.505. The molecule has 27 heavy (non-hydrogen) atoms. The Kier molecular flexibility index (Phi) is 5.46. The van der Waals surface area contributed by atoms with E-state index >= 15 is 0 Å². The number of aromatic carboxylic acids is 1. The van der Waals surface area contributed by atoms with Crippen molar-refractivity contribution < 1.29 is 19.0 Å². The van der Waals surface area contributed by atoms with Crippen molar-refractivity contribution in [2.75, 3.05) is 26.0 Å². The number of methoxy groups -OCH3 is 1. The molecule has 0 aliphatic carbocycles.